The molecule has 166 valence electrons. The van der Waals surface area contributed by atoms with Crippen molar-refractivity contribution in [3.63, 3.8) is 0 Å². The molecule has 1 amide bonds. The predicted octanol–water partition coefficient (Wildman–Crippen LogP) is 3.11. The molecule has 9 heteroatoms. The number of amides is 1. The number of rotatable bonds is 7. The van der Waals surface area contributed by atoms with Crippen LogP contribution in [0.15, 0.2) is 58.3 Å². The highest BCUT2D eigenvalue weighted by molar-refractivity contribution is 6.30. The SMILES string of the molecule is CCCCn1cc(C(=O)NCc2ccc3c(c2)OCO3)c(=O)n(-c2cccc(Cl)c2)c1=O. The molecule has 0 spiro atoms. The Hall–Kier alpha value is -3.52. The summed E-state index contributed by atoms with van der Waals surface area (Å²) in [7, 11) is 0. The number of fused-ring (bicyclic) bond motifs is 1. The number of hydrogen-bond acceptors (Lipinski definition) is 5. The first-order valence-electron chi connectivity index (χ1n) is 10.3. The maximum absolute atomic E-state index is 13.1. The van der Waals surface area contributed by atoms with Gasteiger partial charge in [0.05, 0.1) is 5.69 Å². The van der Waals surface area contributed by atoms with Crippen LogP contribution in [0.1, 0.15) is 35.7 Å². The van der Waals surface area contributed by atoms with Gasteiger partial charge in [-0.1, -0.05) is 37.1 Å². The van der Waals surface area contributed by atoms with E-state index < -0.39 is 17.2 Å². The summed E-state index contributed by atoms with van der Waals surface area (Å²) >= 11 is 6.06. The Kier molecular flexibility index (Phi) is 6.32. The van der Waals surface area contributed by atoms with E-state index in [2.05, 4.69) is 5.32 Å². The number of carbonyl (C=O) groups excluding carboxylic acids is 1. The van der Waals surface area contributed by atoms with Gasteiger partial charge in [-0.2, -0.15) is 0 Å². The Labute approximate surface area is 189 Å². The predicted molar refractivity (Wildman–Crippen MR) is 120 cm³/mol. The minimum absolute atomic E-state index is 0.124. The van der Waals surface area contributed by atoms with Gasteiger partial charge in [0, 0.05) is 24.3 Å². The van der Waals surface area contributed by atoms with Crippen LogP contribution in [0.3, 0.4) is 0 Å². The molecule has 0 aliphatic carbocycles. The zero-order valence-corrected chi connectivity index (χ0v) is 18.2. The van der Waals surface area contributed by atoms with Gasteiger partial charge in [0.15, 0.2) is 11.5 Å². The first-order chi connectivity index (χ1) is 15.5. The number of ether oxygens (including phenoxy) is 2. The van der Waals surface area contributed by atoms with Crippen molar-refractivity contribution < 1.29 is 14.3 Å². The van der Waals surface area contributed by atoms with Crippen molar-refractivity contribution in [3.8, 4) is 17.2 Å². The summed E-state index contributed by atoms with van der Waals surface area (Å²) in [6.07, 6.45) is 2.91. The number of hydrogen-bond donors (Lipinski definition) is 1. The van der Waals surface area contributed by atoms with Crippen molar-refractivity contribution in [2.45, 2.75) is 32.9 Å². The van der Waals surface area contributed by atoms with Crippen LogP contribution in [0.25, 0.3) is 5.69 Å². The topological polar surface area (TPSA) is 91.6 Å². The fraction of sp³-hybridized carbons (Fsp3) is 0.261. The third-order valence-corrected chi connectivity index (χ3v) is 5.34. The molecule has 1 N–H and O–H groups in total. The first kappa shape index (κ1) is 21.7. The average molecular weight is 456 g/mol. The standard InChI is InChI=1S/C23H22ClN3O5/c1-2-3-9-26-13-18(22(29)27(23(26)30)17-6-4-5-16(24)11-17)21(28)25-12-15-7-8-19-20(10-15)32-14-31-19/h4-8,10-11,13H,2-3,9,12,14H2,1H3,(H,25,28). The number of nitrogens with one attached hydrogen (secondary N) is 1. The molecular weight excluding hydrogens is 434 g/mol. The molecule has 1 aromatic heterocycles. The Morgan fingerprint density at radius 2 is 1.94 bits per heavy atom. The van der Waals surface area contributed by atoms with E-state index in [1.807, 2.05) is 6.92 Å². The quantitative estimate of drug-likeness (QED) is 0.591. The number of nitrogens with zero attached hydrogens (tertiary/aromatic N) is 2. The van der Waals surface area contributed by atoms with Crippen LogP contribution in [-0.2, 0) is 13.1 Å². The van der Waals surface area contributed by atoms with Crippen LogP contribution >= 0.6 is 11.6 Å². The van der Waals surface area contributed by atoms with E-state index in [-0.39, 0.29) is 18.9 Å². The molecule has 0 atom stereocenters. The van der Waals surface area contributed by atoms with E-state index in [9.17, 15) is 14.4 Å². The summed E-state index contributed by atoms with van der Waals surface area (Å²) in [4.78, 5) is 39.1. The van der Waals surface area contributed by atoms with E-state index in [4.69, 9.17) is 21.1 Å². The molecule has 2 heterocycles. The highest BCUT2D eigenvalue weighted by Gasteiger charge is 2.19. The Bertz CT molecular complexity index is 1280. The van der Waals surface area contributed by atoms with E-state index >= 15 is 0 Å². The lowest BCUT2D eigenvalue weighted by Gasteiger charge is -2.13. The molecule has 0 saturated heterocycles. The van der Waals surface area contributed by atoms with Gasteiger partial charge in [0.2, 0.25) is 6.79 Å². The van der Waals surface area contributed by atoms with E-state index in [1.165, 1.54) is 16.8 Å². The molecule has 0 saturated carbocycles. The van der Waals surface area contributed by atoms with E-state index in [0.717, 1.165) is 23.0 Å². The van der Waals surface area contributed by atoms with Gasteiger partial charge >= 0.3 is 5.69 Å². The van der Waals surface area contributed by atoms with Gasteiger partial charge in [0.25, 0.3) is 11.5 Å². The van der Waals surface area contributed by atoms with Crippen LogP contribution in [0.2, 0.25) is 5.02 Å². The summed E-state index contributed by atoms with van der Waals surface area (Å²) in [6, 6.07) is 11.8. The second kappa shape index (κ2) is 9.32. The molecule has 4 rings (SSSR count). The minimum atomic E-state index is -0.701. The van der Waals surface area contributed by atoms with Crippen molar-refractivity contribution in [1.29, 1.82) is 0 Å². The Balaban J connectivity index is 1.67. The lowest BCUT2D eigenvalue weighted by atomic mass is 10.2. The molecule has 8 nitrogen and oxygen atoms in total. The molecule has 3 aromatic rings. The smallest absolute Gasteiger partial charge is 0.335 e. The normalized spacial score (nSPS) is 12.1. The molecule has 0 bridgehead atoms. The average Bonchev–Trinajstić information content (AvgIpc) is 3.25. The number of aromatic nitrogens is 2. The van der Waals surface area contributed by atoms with Crippen molar-refractivity contribution in [2.75, 3.05) is 6.79 Å². The molecule has 1 aliphatic rings. The summed E-state index contributed by atoms with van der Waals surface area (Å²) in [5.74, 6) is 0.675. The largest absolute Gasteiger partial charge is 0.454 e. The number of unbranched alkanes of at least 4 members (excludes halogenated alkanes) is 1. The fourth-order valence-electron chi connectivity index (χ4n) is 3.42. The van der Waals surface area contributed by atoms with Gasteiger partial charge in [0.1, 0.15) is 5.56 Å². The van der Waals surface area contributed by atoms with Gasteiger partial charge in [-0.05, 0) is 42.3 Å². The summed E-state index contributed by atoms with van der Waals surface area (Å²) < 4.78 is 13.0. The maximum Gasteiger partial charge on any atom is 0.335 e. The monoisotopic (exact) mass is 455 g/mol. The Morgan fingerprint density at radius 3 is 2.72 bits per heavy atom. The zero-order valence-electron chi connectivity index (χ0n) is 17.5. The van der Waals surface area contributed by atoms with Gasteiger partial charge in [-0.3, -0.25) is 14.2 Å². The van der Waals surface area contributed by atoms with Gasteiger partial charge in [-0.15, -0.1) is 0 Å². The van der Waals surface area contributed by atoms with Crippen LogP contribution in [0, 0.1) is 0 Å². The molecule has 32 heavy (non-hydrogen) atoms. The third kappa shape index (κ3) is 4.40. The first-order valence-corrected chi connectivity index (χ1v) is 10.6. The summed E-state index contributed by atoms with van der Waals surface area (Å²) in [5.41, 5.74) is -0.243. The van der Waals surface area contributed by atoms with Crippen molar-refractivity contribution >= 4 is 17.5 Å². The van der Waals surface area contributed by atoms with Crippen molar-refractivity contribution in [3.05, 3.63) is 85.6 Å². The molecule has 1 aliphatic heterocycles. The molecule has 2 aromatic carbocycles. The zero-order chi connectivity index (χ0) is 22.7. The lowest BCUT2D eigenvalue weighted by Crippen LogP contribution is -2.43. The third-order valence-electron chi connectivity index (χ3n) is 5.11. The fourth-order valence-corrected chi connectivity index (χ4v) is 3.60. The van der Waals surface area contributed by atoms with Crippen molar-refractivity contribution in [1.82, 2.24) is 14.5 Å². The Morgan fingerprint density at radius 1 is 1.12 bits per heavy atom. The number of aryl methyl sites for hydroxylation is 1. The number of benzene rings is 2. The molecule has 0 unspecified atom stereocenters. The van der Waals surface area contributed by atoms with Crippen LogP contribution in [0.5, 0.6) is 11.5 Å². The summed E-state index contributed by atoms with van der Waals surface area (Å²) in [6.45, 7) is 2.73. The van der Waals surface area contributed by atoms with Gasteiger partial charge in [-0.25, -0.2) is 9.36 Å². The maximum atomic E-state index is 13.1. The second-order valence-electron chi connectivity index (χ2n) is 7.36. The summed E-state index contributed by atoms with van der Waals surface area (Å²) in [5, 5.41) is 3.13. The van der Waals surface area contributed by atoms with E-state index in [0.29, 0.717) is 28.8 Å². The molecule has 0 fully saturated rings. The van der Waals surface area contributed by atoms with Crippen molar-refractivity contribution in [2.24, 2.45) is 0 Å². The minimum Gasteiger partial charge on any atom is -0.454 e. The van der Waals surface area contributed by atoms with E-state index in [1.54, 1.807) is 36.4 Å². The van der Waals surface area contributed by atoms with Gasteiger partial charge < -0.3 is 14.8 Å². The highest BCUT2D eigenvalue weighted by Crippen LogP contribution is 2.32. The lowest BCUT2D eigenvalue weighted by molar-refractivity contribution is 0.0947. The molecular formula is C23H22ClN3O5. The van der Waals surface area contributed by atoms with Crippen LogP contribution < -0.4 is 26.0 Å². The van der Waals surface area contributed by atoms with Crippen LogP contribution in [-0.4, -0.2) is 21.8 Å². The highest BCUT2D eigenvalue weighted by atomic mass is 35.5. The second-order valence-corrected chi connectivity index (χ2v) is 7.80. The van der Waals surface area contributed by atoms with Crippen LogP contribution in [0.4, 0.5) is 0 Å². The number of halogens is 1. The number of carbonyl (C=O) groups is 1. The molecule has 0 radical (unpaired) electrons.